The molecule has 0 radical (unpaired) electrons. The number of halogens is 2. The number of esters is 1. The maximum Gasteiger partial charge on any atom is 0.310 e. The fourth-order valence-electron chi connectivity index (χ4n) is 1.46. The highest BCUT2D eigenvalue weighted by molar-refractivity contribution is 6.17. The van der Waals surface area contributed by atoms with Crippen LogP contribution in [0, 0.1) is 5.82 Å². The second-order valence-corrected chi connectivity index (χ2v) is 3.63. The van der Waals surface area contributed by atoms with Gasteiger partial charge in [0.05, 0.1) is 26.0 Å². The summed E-state index contributed by atoms with van der Waals surface area (Å²) in [5.74, 6) is -0.522. The molecule has 1 aromatic carbocycles. The highest BCUT2D eigenvalue weighted by Gasteiger charge is 2.14. The van der Waals surface area contributed by atoms with Crippen molar-refractivity contribution in [1.29, 1.82) is 0 Å². The highest BCUT2D eigenvalue weighted by atomic mass is 35.5. The van der Waals surface area contributed by atoms with Gasteiger partial charge in [0.2, 0.25) is 0 Å². The Hall–Kier alpha value is -1.29. The molecule has 0 unspecified atom stereocenters. The third kappa shape index (κ3) is 3.60. The monoisotopic (exact) mass is 260 g/mol. The van der Waals surface area contributed by atoms with E-state index in [0.29, 0.717) is 23.5 Å². The number of methoxy groups -OCH3 is 1. The molecule has 0 bridgehead atoms. The zero-order chi connectivity index (χ0) is 12.8. The van der Waals surface area contributed by atoms with E-state index < -0.39 is 11.8 Å². The molecule has 0 aliphatic heterocycles. The molecule has 1 aromatic rings. The van der Waals surface area contributed by atoms with Crippen molar-refractivity contribution in [3.8, 4) is 5.75 Å². The van der Waals surface area contributed by atoms with Crippen molar-refractivity contribution in [2.24, 2.45) is 0 Å². The van der Waals surface area contributed by atoms with E-state index in [1.165, 1.54) is 13.2 Å². The summed E-state index contributed by atoms with van der Waals surface area (Å²) in [5.41, 5.74) is 0.802. The van der Waals surface area contributed by atoms with Gasteiger partial charge in [0, 0.05) is 11.6 Å². The molecule has 5 heteroatoms. The van der Waals surface area contributed by atoms with Gasteiger partial charge in [-0.05, 0) is 18.6 Å². The molecule has 0 aliphatic rings. The lowest BCUT2D eigenvalue weighted by Gasteiger charge is -2.10. The van der Waals surface area contributed by atoms with Crippen molar-refractivity contribution in [3.63, 3.8) is 0 Å². The van der Waals surface area contributed by atoms with Crippen LogP contribution in [0.4, 0.5) is 4.39 Å². The predicted molar refractivity (Wildman–Crippen MR) is 62.8 cm³/mol. The van der Waals surface area contributed by atoms with Gasteiger partial charge in [-0.2, -0.15) is 0 Å². The van der Waals surface area contributed by atoms with E-state index in [9.17, 15) is 9.18 Å². The zero-order valence-electron chi connectivity index (χ0n) is 9.76. The molecule has 0 aromatic heterocycles. The van der Waals surface area contributed by atoms with E-state index in [-0.39, 0.29) is 12.3 Å². The Balaban J connectivity index is 3.02. The second-order valence-electron chi connectivity index (χ2n) is 3.36. The van der Waals surface area contributed by atoms with Gasteiger partial charge in [-0.1, -0.05) is 0 Å². The molecule has 1 rings (SSSR count). The van der Waals surface area contributed by atoms with Crippen LogP contribution >= 0.6 is 11.6 Å². The van der Waals surface area contributed by atoms with Crippen molar-refractivity contribution < 1.29 is 18.7 Å². The summed E-state index contributed by atoms with van der Waals surface area (Å²) in [6, 6.07) is 2.84. The topological polar surface area (TPSA) is 35.5 Å². The summed E-state index contributed by atoms with van der Waals surface area (Å²) < 4.78 is 23.4. The van der Waals surface area contributed by atoms with E-state index in [1.807, 2.05) is 0 Å². The van der Waals surface area contributed by atoms with Crippen molar-refractivity contribution in [2.45, 2.75) is 19.2 Å². The predicted octanol–water partition coefficient (Wildman–Crippen LogP) is 2.68. The summed E-state index contributed by atoms with van der Waals surface area (Å²) in [6.07, 6.45) is -0.00991. The van der Waals surface area contributed by atoms with E-state index in [1.54, 1.807) is 13.0 Å². The summed E-state index contributed by atoms with van der Waals surface area (Å²) in [4.78, 5) is 11.4. The van der Waals surface area contributed by atoms with Crippen LogP contribution in [0.25, 0.3) is 0 Å². The van der Waals surface area contributed by atoms with Gasteiger partial charge >= 0.3 is 5.97 Å². The van der Waals surface area contributed by atoms with Gasteiger partial charge in [0.15, 0.2) is 0 Å². The first kappa shape index (κ1) is 13.8. The van der Waals surface area contributed by atoms with E-state index in [2.05, 4.69) is 0 Å². The van der Waals surface area contributed by atoms with Crippen LogP contribution in [0.15, 0.2) is 12.1 Å². The maximum atomic E-state index is 13.6. The average Bonchev–Trinajstić information content (AvgIpc) is 2.28. The number of hydrogen-bond acceptors (Lipinski definition) is 3. The lowest BCUT2D eigenvalue weighted by Crippen LogP contribution is -2.10. The number of carbonyl (C=O) groups excluding carboxylic acids is 1. The van der Waals surface area contributed by atoms with Crippen LogP contribution in [0.1, 0.15) is 18.1 Å². The van der Waals surface area contributed by atoms with E-state index >= 15 is 0 Å². The third-order valence-electron chi connectivity index (χ3n) is 2.27. The fourth-order valence-corrected chi connectivity index (χ4v) is 1.76. The molecule has 17 heavy (non-hydrogen) atoms. The largest absolute Gasteiger partial charge is 0.497 e. The Labute approximate surface area is 104 Å². The third-order valence-corrected chi connectivity index (χ3v) is 2.54. The van der Waals surface area contributed by atoms with Crippen molar-refractivity contribution in [3.05, 3.63) is 29.1 Å². The second kappa shape index (κ2) is 6.45. The number of carbonyl (C=O) groups is 1. The van der Waals surface area contributed by atoms with Crippen LogP contribution in [-0.4, -0.2) is 19.7 Å². The quantitative estimate of drug-likeness (QED) is 0.603. The Morgan fingerprint density at radius 2 is 2.18 bits per heavy atom. The van der Waals surface area contributed by atoms with E-state index in [4.69, 9.17) is 21.1 Å². The number of benzene rings is 1. The molecule has 0 aliphatic carbocycles. The SMILES string of the molecule is CCOC(=O)Cc1cc(OC)cc(F)c1CCl. The molecule has 0 atom stereocenters. The molecule has 3 nitrogen and oxygen atoms in total. The normalized spacial score (nSPS) is 10.1. The summed E-state index contributed by atoms with van der Waals surface area (Å²) >= 11 is 5.66. The summed E-state index contributed by atoms with van der Waals surface area (Å²) in [7, 11) is 1.43. The lowest BCUT2D eigenvalue weighted by molar-refractivity contribution is -0.142. The fraction of sp³-hybridized carbons (Fsp3) is 0.417. The van der Waals surface area contributed by atoms with Gasteiger partial charge in [0.25, 0.3) is 0 Å². The molecular weight excluding hydrogens is 247 g/mol. The Bertz CT molecular complexity index is 407. The van der Waals surface area contributed by atoms with Crippen LogP contribution in [0.2, 0.25) is 0 Å². The van der Waals surface area contributed by atoms with Gasteiger partial charge in [-0.15, -0.1) is 11.6 Å². The van der Waals surface area contributed by atoms with E-state index in [0.717, 1.165) is 0 Å². The molecule has 0 fully saturated rings. The number of hydrogen-bond donors (Lipinski definition) is 0. The number of rotatable bonds is 5. The Morgan fingerprint density at radius 3 is 2.71 bits per heavy atom. The standard InChI is InChI=1S/C12H14ClFO3/c1-3-17-12(15)5-8-4-9(16-2)6-11(14)10(8)7-13/h4,6H,3,5,7H2,1-2H3. The molecule has 0 heterocycles. The summed E-state index contributed by atoms with van der Waals surface area (Å²) in [6.45, 7) is 2.01. The first-order valence-corrected chi connectivity index (χ1v) is 5.72. The van der Waals surface area contributed by atoms with Crippen LogP contribution in [-0.2, 0) is 21.8 Å². The number of ether oxygens (including phenoxy) is 2. The zero-order valence-corrected chi connectivity index (χ0v) is 10.5. The van der Waals surface area contributed by atoms with Crippen LogP contribution < -0.4 is 4.74 Å². The summed E-state index contributed by atoms with van der Waals surface area (Å²) in [5, 5.41) is 0. The van der Waals surface area contributed by atoms with Crippen molar-refractivity contribution >= 4 is 17.6 Å². The highest BCUT2D eigenvalue weighted by Crippen LogP contribution is 2.23. The molecule has 0 N–H and O–H groups in total. The van der Waals surface area contributed by atoms with Gasteiger partial charge in [-0.3, -0.25) is 4.79 Å². The Morgan fingerprint density at radius 1 is 1.47 bits per heavy atom. The average molecular weight is 261 g/mol. The molecule has 0 amide bonds. The van der Waals surface area contributed by atoms with Crippen molar-refractivity contribution in [2.75, 3.05) is 13.7 Å². The Kier molecular flexibility index (Phi) is 5.22. The molecular formula is C12H14ClFO3. The van der Waals surface area contributed by atoms with Gasteiger partial charge < -0.3 is 9.47 Å². The molecule has 94 valence electrons. The van der Waals surface area contributed by atoms with Gasteiger partial charge in [-0.25, -0.2) is 4.39 Å². The first-order chi connectivity index (χ1) is 8.12. The van der Waals surface area contributed by atoms with Crippen LogP contribution in [0.5, 0.6) is 5.75 Å². The minimum absolute atomic E-state index is 0.00453. The molecule has 0 saturated heterocycles. The lowest BCUT2D eigenvalue weighted by atomic mass is 10.0. The van der Waals surface area contributed by atoms with Crippen LogP contribution in [0.3, 0.4) is 0 Å². The van der Waals surface area contributed by atoms with Crippen molar-refractivity contribution in [1.82, 2.24) is 0 Å². The minimum Gasteiger partial charge on any atom is -0.497 e. The maximum absolute atomic E-state index is 13.6. The molecule has 0 saturated carbocycles. The minimum atomic E-state index is -0.473. The van der Waals surface area contributed by atoms with Gasteiger partial charge in [0.1, 0.15) is 11.6 Å². The number of alkyl halides is 1. The molecule has 0 spiro atoms. The smallest absolute Gasteiger partial charge is 0.310 e. The first-order valence-electron chi connectivity index (χ1n) is 5.19.